The minimum absolute atomic E-state index is 0.0441. The van der Waals surface area contributed by atoms with Crippen LogP contribution in [-0.4, -0.2) is 0 Å². The SMILES string of the molecule is CC(C)(C)c1ccccc1Nc1cccc(Br)c1C#N. The molecule has 2 aromatic rings. The smallest absolute Gasteiger partial charge is 0.103 e. The molecule has 0 aliphatic rings. The maximum Gasteiger partial charge on any atom is 0.103 e. The first-order valence-corrected chi connectivity index (χ1v) is 7.28. The van der Waals surface area contributed by atoms with Crippen LogP contribution in [0.5, 0.6) is 0 Å². The molecule has 2 rings (SSSR count). The molecule has 3 heteroatoms. The highest BCUT2D eigenvalue weighted by molar-refractivity contribution is 9.10. The van der Waals surface area contributed by atoms with Gasteiger partial charge in [-0.1, -0.05) is 45.0 Å². The normalized spacial score (nSPS) is 10.9. The van der Waals surface area contributed by atoms with E-state index in [1.54, 1.807) is 0 Å². The average Bonchev–Trinajstić information content (AvgIpc) is 2.38. The van der Waals surface area contributed by atoms with Gasteiger partial charge in [-0.2, -0.15) is 5.26 Å². The minimum Gasteiger partial charge on any atom is -0.354 e. The fourth-order valence-corrected chi connectivity index (χ4v) is 2.59. The lowest BCUT2D eigenvalue weighted by atomic mass is 9.85. The van der Waals surface area contributed by atoms with Crippen molar-refractivity contribution in [3.05, 3.63) is 58.1 Å². The van der Waals surface area contributed by atoms with E-state index >= 15 is 0 Å². The molecule has 0 heterocycles. The summed E-state index contributed by atoms with van der Waals surface area (Å²) in [5.74, 6) is 0. The van der Waals surface area contributed by atoms with Gasteiger partial charge in [0, 0.05) is 10.2 Å². The average molecular weight is 329 g/mol. The first-order chi connectivity index (χ1) is 9.43. The first-order valence-electron chi connectivity index (χ1n) is 6.48. The van der Waals surface area contributed by atoms with E-state index < -0.39 is 0 Å². The van der Waals surface area contributed by atoms with Crippen molar-refractivity contribution in [1.82, 2.24) is 0 Å². The second-order valence-electron chi connectivity index (χ2n) is 5.69. The zero-order chi connectivity index (χ0) is 14.8. The number of rotatable bonds is 2. The van der Waals surface area contributed by atoms with Crippen LogP contribution in [-0.2, 0) is 5.41 Å². The fourth-order valence-electron chi connectivity index (χ4n) is 2.13. The molecule has 0 saturated heterocycles. The summed E-state index contributed by atoms with van der Waals surface area (Å²) in [7, 11) is 0. The quantitative estimate of drug-likeness (QED) is 0.805. The van der Waals surface area contributed by atoms with Crippen molar-refractivity contribution < 1.29 is 0 Å². The van der Waals surface area contributed by atoms with E-state index in [-0.39, 0.29) is 5.41 Å². The van der Waals surface area contributed by atoms with Crippen LogP contribution >= 0.6 is 15.9 Å². The van der Waals surface area contributed by atoms with Crippen LogP contribution in [0.2, 0.25) is 0 Å². The minimum atomic E-state index is 0.0441. The van der Waals surface area contributed by atoms with E-state index in [1.807, 2.05) is 36.4 Å². The van der Waals surface area contributed by atoms with Crippen molar-refractivity contribution in [3.8, 4) is 6.07 Å². The molecule has 20 heavy (non-hydrogen) atoms. The molecular formula is C17H17BrN2. The third-order valence-electron chi connectivity index (χ3n) is 3.13. The van der Waals surface area contributed by atoms with Crippen molar-refractivity contribution in [1.29, 1.82) is 5.26 Å². The molecule has 0 fully saturated rings. The molecule has 2 aromatic carbocycles. The van der Waals surface area contributed by atoms with Crippen molar-refractivity contribution >= 4 is 27.3 Å². The molecule has 0 aromatic heterocycles. The van der Waals surface area contributed by atoms with E-state index in [0.29, 0.717) is 5.56 Å². The van der Waals surface area contributed by atoms with Crippen LogP contribution in [0, 0.1) is 11.3 Å². The largest absolute Gasteiger partial charge is 0.354 e. The van der Waals surface area contributed by atoms with Gasteiger partial charge < -0.3 is 5.32 Å². The summed E-state index contributed by atoms with van der Waals surface area (Å²) in [6, 6.07) is 16.2. The van der Waals surface area contributed by atoms with Gasteiger partial charge in [0.05, 0.1) is 11.3 Å². The van der Waals surface area contributed by atoms with Crippen LogP contribution in [0.1, 0.15) is 31.9 Å². The summed E-state index contributed by atoms with van der Waals surface area (Å²) in [5, 5.41) is 12.7. The van der Waals surface area contributed by atoms with E-state index in [1.165, 1.54) is 5.56 Å². The van der Waals surface area contributed by atoms with Gasteiger partial charge in [0.15, 0.2) is 0 Å². The van der Waals surface area contributed by atoms with Gasteiger partial charge in [-0.15, -0.1) is 0 Å². The Balaban J connectivity index is 2.47. The van der Waals surface area contributed by atoms with Crippen LogP contribution < -0.4 is 5.32 Å². The molecule has 1 N–H and O–H groups in total. The summed E-state index contributed by atoms with van der Waals surface area (Å²) >= 11 is 3.42. The Bertz CT molecular complexity index is 663. The monoisotopic (exact) mass is 328 g/mol. The van der Waals surface area contributed by atoms with Crippen molar-refractivity contribution in [2.75, 3.05) is 5.32 Å². The Morgan fingerprint density at radius 1 is 1.00 bits per heavy atom. The number of benzene rings is 2. The van der Waals surface area contributed by atoms with Crippen LogP contribution in [0.25, 0.3) is 0 Å². The number of nitrogens with zero attached hydrogens (tertiary/aromatic N) is 1. The number of hydrogen-bond donors (Lipinski definition) is 1. The Hall–Kier alpha value is -1.79. The number of nitriles is 1. The summed E-state index contributed by atoms with van der Waals surface area (Å²) in [4.78, 5) is 0. The molecule has 0 aliphatic heterocycles. The molecule has 0 amide bonds. The zero-order valence-electron chi connectivity index (χ0n) is 11.9. The number of anilines is 2. The van der Waals surface area contributed by atoms with Crippen molar-refractivity contribution in [3.63, 3.8) is 0 Å². The molecule has 0 radical (unpaired) electrons. The van der Waals surface area contributed by atoms with Crippen LogP contribution in [0.4, 0.5) is 11.4 Å². The Labute approximate surface area is 128 Å². The predicted octanol–water partition coefficient (Wildman–Crippen LogP) is 5.36. The maximum atomic E-state index is 9.29. The van der Waals surface area contributed by atoms with Crippen LogP contribution in [0.3, 0.4) is 0 Å². The molecule has 0 saturated carbocycles. The number of nitrogens with one attached hydrogen (secondary N) is 1. The Morgan fingerprint density at radius 3 is 2.30 bits per heavy atom. The highest BCUT2D eigenvalue weighted by Gasteiger charge is 2.18. The fraction of sp³-hybridized carbons (Fsp3) is 0.235. The summed E-state index contributed by atoms with van der Waals surface area (Å²) in [6.07, 6.45) is 0. The van der Waals surface area contributed by atoms with E-state index in [0.717, 1.165) is 15.8 Å². The van der Waals surface area contributed by atoms with Gasteiger partial charge in [-0.05, 0) is 45.1 Å². The van der Waals surface area contributed by atoms with Gasteiger partial charge in [0.25, 0.3) is 0 Å². The van der Waals surface area contributed by atoms with Gasteiger partial charge >= 0.3 is 0 Å². The summed E-state index contributed by atoms with van der Waals surface area (Å²) in [5.41, 5.74) is 3.75. The maximum absolute atomic E-state index is 9.29. The lowest BCUT2D eigenvalue weighted by Crippen LogP contribution is -2.13. The lowest BCUT2D eigenvalue weighted by molar-refractivity contribution is 0.592. The van der Waals surface area contributed by atoms with Crippen LogP contribution in [0.15, 0.2) is 46.9 Å². The number of para-hydroxylation sites is 1. The van der Waals surface area contributed by atoms with Gasteiger partial charge in [-0.3, -0.25) is 0 Å². The topological polar surface area (TPSA) is 35.8 Å². The molecule has 0 bridgehead atoms. The van der Waals surface area contributed by atoms with Crippen molar-refractivity contribution in [2.45, 2.75) is 26.2 Å². The molecule has 2 nitrogen and oxygen atoms in total. The summed E-state index contributed by atoms with van der Waals surface area (Å²) < 4.78 is 0.804. The zero-order valence-corrected chi connectivity index (χ0v) is 13.5. The highest BCUT2D eigenvalue weighted by Crippen LogP contribution is 2.33. The highest BCUT2D eigenvalue weighted by atomic mass is 79.9. The number of hydrogen-bond acceptors (Lipinski definition) is 2. The molecule has 0 spiro atoms. The second kappa shape index (κ2) is 5.68. The molecule has 0 atom stereocenters. The third kappa shape index (κ3) is 3.02. The van der Waals surface area contributed by atoms with Gasteiger partial charge in [0.1, 0.15) is 6.07 Å². The Morgan fingerprint density at radius 2 is 1.65 bits per heavy atom. The lowest BCUT2D eigenvalue weighted by Gasteiger charge is -2.23. The van der Waals surface area contributed by atoms with Crippen molar-refractivity contribution in [2.24, 2.45) is 0 Å². The van der Waals surface area contributed by atoms with E-state index in [9.17, 15) is 5.26 Å². The molecule has 0 unspecified atom stereocenters. The van der Waals surface area contributed by atoms with E-state index in [4.69, 9.17) is 0 Å². The standard InChI is InChI=1S/C17H17BrN2/c1-17(2,3)13-7-4-5-9-16(13)20-15-10-6-8-14(18)12(15)11-19/h4-10,20H,1-3H3. The number of halogens is 1. The molecule has 0 aliphatic carbocycles. The van der Waals surface area contributed by atoms with Gasteiger partial charge in [0.2, 0.25) is 0 Å². The molecule has 102 valence electrons. The first kappa shape index (κ1) is 14.6. The third-order valence-corrected chi connectivity index (χ3v) is 3.79. The summed E-state index contributed by atoms with van der Waals surface area (Å²) in [6.45, 7) is 6.54. The van der Waals surface area contributed by atoms with E-state index in [2.05, 4.69) is 54.2 Å². The molecular weight excluding hydrogens is 312 g/mol. The van der Waals surface area contributed by atoms with Gasteiger partial charge in [-0.25, -0.2) is 0 Å². The Kier molecular flexibility index (Phi) is 4.15. The second-order valence-corrected chi connectivity index (χ2v) is 6.55. The predicted molar refractivity (Wildman–Crippen MR) is 87.3 cm³/mol.